The van der Waals surface area contributed by atoms with Gasteiger partial charge in [-0.1, -0.05) is 13.8 Å². The third-order valence-corrected chi connectivity index (χ3v) is 3.80. The third kappa shape index (κ3) is 4.64. The molecule has 0 unspecified atom stereocenters. The third-order valence-electron chi connectivity index (χ3n) is 3.80. The summed E-state index contributed by atoms with van der Waals surface area (Å²) < 4.78 is 13.0. The number of hydrogen-bond donors (Lipinski definition) is 3. The van der Waals surface area contributed by atoms with Crippen molar-refractivity contribution in [2.24, 2.45) is 5.41 Å². The van der Waals surface area contributed by atoms with Crippen molar-refractivity contribution in [2.45, 2.75) is 33.2 Å². The van der Waals surface area contributed by atoms with Gasteiger partial charge in [0.2, 0.25) is 0 Å². The van der Waals surface area contributed by atoms with Crippen molar-refractivity contribution >= 4 is 0 Å². The summed E-state index contributed by atoms with van der Waals surface area (Å²) in [6.45, 7) is 5.94. The number of benzene rings is 1. The van der Waals surface area contributed by atoms with E-state index in [4.69, 9.17) is 0 Å². The van der Waals surface area contributed by atoms with Crippen LogP contribution in [0, 0.1) is 11.2 Å². The van der Waals surface area contributed by atoms with Crippen LogP contribution in [0.3, 0.4) is 0 Å². The Hall–Kier alpha value is -1.72. The average Bonchev–Trinajstić information content (AvgIpc) is 2.96. The Morgan fingerprint density at radius 2 is 2.00 bits per heavy atom. The Bertz CT molecular complexity index is 578. The molecule has 0 saturated heterocycles. The molecule has 0 spiro atoms. The molecule has 0 amide bonds. The molecule has 2 rings (SSSR count). The number of halogens is 1. The van der Waals surface area contributed by atoms with E-state index in [1.54, 1.807) is 18.3 Å². The van der Waals surface area contributed by atoms with Crippen LogP contribution < -0.4 is 5.32 Å². The molecule has 0 aliphatic carbocycles. The maximum atomic E-state index is 13.0. The standard InChI is InChI=1S/C17H24FN3O/c1-17(2,12-22)8-3-9-19-10-14-11-20-21-16(14)13-4-6-15(18)7-5-13/h4-7,11,19,22H,3,8-10,12H2,1-2H3,(H,20,21). The van der Waals surface area contributed by atoms with E-state index >= 15 is 0 Å². The fraction of sp³-hybridized carbons (Fsp3) is 0.471. The van der Waals surface area contributed by atoms with Crippen LogP contribution in [0.1, 0.15) is 32.3 Å². The normalized spacial score (nSPS) is 11.8. The zero-order chi connectivity index (χ0) is 16.0. The van der Waals surface area contributed by atoms with Crippen molar-refractivity contribution in [1.29, 1.82) is 0 Å². The summed E-state index contributed by atoms with van der Waals surface area (Å²) in [5.74, 6) is -0.241. The lowest BCUT2D eigenvalue weighted by atomic mass is 9.89. The Labute approximate surface area is 130 Å². The fourth-order valence-corrected chi connectivity index (χ4v) is 2.31. The lowest BCUT2D eigenvalue weighted by Crippen LogP contribution is -2.21. The molecule has 0 atom stereocenters. The first kappa shape index (κ1) is 16.6. The van der Waals surface area contributed by atoms with E-state index in [1.807, 2.05) is 0 Å². The van der Waals surface area contributed by atoms with E-state index in [0.717, 1.165) is 36.2 Å². The van der Waals surface area contributed by atoms with Crippen LogP contribution in [-0.2, 0) is 6.54 Å². The number of nitrogens with zero attached hydrogens (tertiary/aromatic N) is 1. The second-order valence-corrected chi connectivity index (χ2v) is 6.38. The van der Waals surface area contributed by atoms with E-state index in [2.05, 4.69) is 29.4 Å². The van der Waals surface area contributed by atoms with Gasteiger partial charge in [-0.2, -0.15) is 5.10 Å². The van der Waals surface area contributed by atoms with Gasteiger partial charge in [0.05, 0.1) is 11.9 Å². The highest BCUT2D eigenvalue weighted by Crippen LogP contribution is 2.22. The van der Waals surface area contributed by atoms with Crippen molar-refractivity contribution in [3.05, 3.63) is 41.8 Å². The predicted octanol–water partition coefficient (Wildman–Crippen LogP) is 3.10. The molecule has 1 aromatic heterocycles. The molecule has 3 N–H and O–H groups in total. The highest BCUT2D eigenvalue weighted by Gasteiger charge is 2.15. The van der Waals surface area contributed by atoms with Gasteiger partial charge in [-0.15, -0.1) is 0 Å². The number of aromatic nitrogens is 2. The number of nitrogens with one attached hydrogen (secondary N) is 2. The van der Waals surface area contributed by atoms with E-state index in [9.17, 15) is 9.50 Å². The number of aromatic amines is 1. The number of hydrogen-bond acceptors (Lipinski definition) is 3. The molecule has 0 fully saturated rings. The summed E-state index contributed by atoms with van der Waals surface area (Å²) >= 11 is 0. The van der Waals surface area contributed by atoms with Crippen LogP contribution in [0.25, 0.3) is 11.3 Å². The monoisotopic (exact) mass is 305 g/mol. The summed E-state index contributed by atoms with van der Waals surface area (Å²) in [6, 6.07) is 6.39. The SMILES string of the molecule is CC(C)(CO)CCCNCc1cn[nH]c1-c1ccc(F)cc1. The molecular weight excluding hydrogens is 281 g/mol. The summed E-state index contributed by atoms with van der Waals surface area (Å²) in [6.07, 6.45) is 3.79. The Kier molecular flexibility index (Phi) is 5.69. The minimum absolute atomic E-state index is 0.0173. The maximum Gasteiger partial charge on any atom is 0.123 e. The lowest BCUT2D eigenvalue weighted by molar-refractivity contribution is 0.148. The van der Waals surface area contributed by atoms with Crippen LogP contribution in [0.15, 0.2) is 30.5 Å². The molecular formula is C17H24FN3O. The van der Waals surface area contributed by atoms with Crippen molar-refractivity contribution in [2.75, 3.05) is 13.2 Å². The van der Waals surface area contributed by atoms with Gasteiger partial charge in [-0.25, -0.2) is 4.39 Å². The summed E-state index contributed by atoms with van der Waals surface area (Å²) in [7, 11) is 0. The topological polar surface area (TPSA) is 60.9 Å². The maximum absolute atomic E-state index is 13.0. The molecule has 22 heavy (non-hydrogen) atoms. The molecule has 0 radical (unpaired) electrons. The molecule has 120 valence electrons. The predicted molar refractivity (Wildman–Crippen MR) is 85.8 cm³/mol. The van der Waals surface area contributed by atoms with E-state index < -0.39 is 0 Å². The summed E-state index contributed by atoms with van der Waals surface area (Å²) in [5.41, 5.74) is 2.89. The van der Waals surface area contributed by atoms with Gasteiger partial charge in [-0.3, -0.25) is 5.10 Å². The molecule has 5 heteroatoms. The molecule has 2 aromatic rings. The second kappa shape index (κ2) is 7.51. The van der Waals surface area contributed by atoms with Gasteiger partial charge >= 0.3 is 0 Å². The van der Waals surface area contributed by atoms with Crippen LogP contribution in [0.5, 0.6) is 0 Å². The van der Waals surface area contributed by atoms with Crippen molar-refractivity contribution in [3.63, 3.8) is 0 Å². The summed E-state index contributed by atoms with van der Waals surface area (Å²) in [4.78, 5) is 0. The molecule has 0 bridgehead atoms. The molecule has 4 nitrogen and oxygen atoms in total. The van der Waals surface area contributed by atoms with Gasteiger partial charge in [-0.05, 0) is 49.1 Å². The van der Waals surface area contributed by atoms with E-state index in [-0.39, 0.29) is 17.8 Å². The van der Waals surface area contributed by atoms with Gasteiger partial charge in [0, 0.05) is 24.3 Å². The van der Waals surface area contributed by atoms with Crippen LogP contribution in [0.2, 0.25) is 0 Å². The van der Waals surface area contributed by atoms with Crippen molar-refractivity contribution < 1.29 is 9.50 Å². The molecule has 0 aliphatic rings. The zero-order valence-electron chi connectivity index (χ0n) is 13.2. The highest BCUT2D eigenvalue weighted by molar-refractivity contribution is 5.62. The van der Waals surface area contributed by atoms with Crippen molar-refractivity contribution in [1.82, 2.24) is 15.5 Å². The summed E-state index contributed by atoms with van der Waals surface area (Å²) in [5, 5.41) is 19.7. The Balaban J connectivity index is 1.85. The van der Waals surface area contributed by atoms with Gasteiger partial charge in [0.25, 0.3) is 0 Å². The first-order valence-electron chi connectivity index (χ1n) is 7.61. The quantitative estimate of drug-likeness (QED) is 0.657. The number of aliphatic hydroxyl groups is 1. The zero-order valence-corrected chi connectivity index (χ0v) is 13.2. The minimum atomic E-state index is -0.241. The number of H-pyrrole nitrogens is 1. The Morgan fingerprint density at radius 1 is 1.27 bits per heavy atom. The molecule has 1 heterocycles. The number of aliphatic hydroxyl groups excluding tert-OH is 1. The van der Waals surface area contributed by atoms with Gasteiger partial charge in [0.1, 0.15) is 5.82 Å². The van der Waals surface area contributed by atoms with Gasteiger partial charge < -0.3 is 10.4 Å². The second-order valence-electron chi connectivity index (χ2n) is 6.38. The molecule has 1 aromatic carbocycles. The van der Waals surface area contributed by atoms with Crippen molar-refractivity contribution in [3.8, 4) is 11.3 Å². The smallest absolute Gasteiger partial charge is 0.123 e. The van der Waals surface area contributed by atoms with Crippen LogP contribution >= 0.6 is 0 Å². The Morgan fingerprint density at radius 3 is 2.68 bits per heavy atom. The van der Waals surface area contributed by atoms with Crippen LogP contribution in [0.4, 0.5) is 4.39 Å². The fourth-order valence-electron chi connectivity index (χ4n) is 2.31. The first-order chi connectivity index (χ1) is 10.5. The first-order valence-corrected chi connectivity index (χ1v) is 7.61. The van der Waals surface area contributed by atoms with E-state index in [1.165, 1.54) is 12.1 Å². The number of rotatable bonds is 8. The van der Waals surface area contributed by atoms with Gasteiger partial charge in [0.15, 0.2) is 0 Å². The largest absolute Gasteiger partial charge is 0.396 e. The lowest BCUT2D eigenvalue weighted by Gasteiger charge is -2.21. The van der Waals surface area contributed by atoms with Crippen LogP contribution in [-0.4, -0.2) is 28.5 Å². The van der Waals surface area contributed by atoms with E-state index in [0.29, 0.717) is 6.54 Å². The minimum Gasteiger partial charge on any atom is -0.396 e. The highest BCUT2D eigenvalue weighted by atomic mass is 19.1. The average molecular weight is 305 g/mol. The molecule has 0 saturated carbocycles. The molecule has 0 aliphatic heterocycles.